The van der Waals surface area contributed by atoms with Gasteiger partial charge in [-0.1, -0.05) is 6.92 Å². The van der Waals surface area contributed by atoms with E-state index in [4.69, 9.17) is 4.74 Å². The second-order valence-electron chi connectivity index (χ2n) is 3.96. The lowest BCUT2D eigenvalue weighted by atomic mass is 10.0. The molecular weight excluding hydrogens is 216 g/mol. The minimum atomic E-state index is -0.111. The van der Waals surface area contributed by atoms with Crippen molar-refractivity contribution in [2.75, 3.05) is 26.8 Å². The zero-order chi connectivity index (χ0) is 11.0. The van der Waals surface area contributed by atoms with Crippen LogP contribution in [0.15, 0.2) is 0 Å². The van der Waals surface area contributed by atoms with Gasteiger partial charge in [0, 0.05) is 19.2 Å². The summed E-state index contributed by atoms with van der Waals surface area (Å²) in [6.45, 7) is 7.77. The summed E-state index contributed by atoms with van der Waals surface area (Å²) in [5, 5.41) is 5.94. The first-order valence-corrected chi connectivity index (χ1v) is 5.02. The fourth-order valence-corrected chi connectivity index (χ4v) is 0.886. The molecule has 5 heteroatoms. The lowest BCUT2D eigenvalue weighted by Crippen LogP contribution is -2.46. The highest BCUT2D eigenvalue weighted by molar-refractivity contribution is 5.85. The van der Waals surface area contributed by atoms with Crippen LogP contribution in [0.2, 0.25) is 0 Å². The molecular formula is C10H23ClN2O2. The van der Waals surface area contributed by atoms with E-state index in [1.54, 1.807) is 7.11 Å². The Morgan fingerprint density at radius 1 is 1.40 bits per heavy atom. The van der Waals surface area contributed by atoms with Gasteiger partial charge in [-0.15, -0.1) is 12.4 Å². The van der Waals surface area contributed by atoms with Crippen LogP contribution < -0.4 is 10.6 Å². The second kappa shape index (κ2) is 8.95. The third-order valence-electron chi connectivity index (χ3n) is 2.13. The Labute approximate surface area is 98.6 Å². The van der Waals surface area contributed by atoms with Crippen LogP contribution in [-0.2, 0) is 9.53 Å². The molecule has 0 aromatic heterocycles. The molecule has 4 nitrogen and oxygen atoms in total. The number of amides is 1. The molecule has 0 aliphatic rings. The number of ether oxygens (including phenoxy) is 1. The van der Waals surface area contributed by atoms with Crippen molar-refractivity contribution in [3.8, 4) is 0 Å². The molecule has 0 saturated carbocycles. The average Bonchev–Trinajstić information content (AvgIpc) is 2.12. The minimum absolute atomic E-state index is 0. The molecule has 0 rings (SSSR count). The van der Waals surface area contributed by atoms with Crippen molar-refractivity contribution in [2.24, 2.45) is 0 Å². The fraction of sp³-hybridized carbons (Fsp3) is 0.900. The number of rotatable bonds is 7. The van der Waals surface area contributed by atoms with Gasteiger partial charge < -0.3 is 15.4 Å². The molecule has 0 bridgehead atoms. The Balaban J connectivity index is 0. The van der Waals surface area contributed by atoms with Gasteiger partial charge in [0.2, 0.25) is 5.91 Å². The van der Waals surface area contributed by atoms with E-state index in [1.165, 1.54) is 0 Å². The summed E-state index contributed by atoms with van der Waals surface area (Å²) in [5.41, 5.74) is -0.111. The number of hydrogen-bond acceptors (Lipinski definition) is 3. The number of carbonyl (C=O) groups is 1. The van der Waals surface area contributed by atoms with Gasteiger partial charge in [-0.25, -0.2) is 0 Å². The van der Waals surface area contributed by atoms with E-state index in [2.05, 4.69) is 17.6 Å². The van der Waals surface area contributed by atoms with Crippen LogP contribution in [0.4, 0.5) is 0 Å². The molecule has 0 spiro atoms. The molecule has 0 atom stereocenters. The Morgan fingerprint density at radius 2 is 2.00 bits per heavy atom. The van der Waals surface area contributed by atoms with Crippen LogP contribution in [0.1, 0.15) is 27.2 Å². The maximum absolute atomic E-state index is 11.4. The third kappa shape index (κ3) is 9.97. The molecule has 0 fully saturated rings. The van der Waals surface area contributed by atoms with Crippen LogP contribution in [-0.4, -0.2) is 38.3 Å². The van der Waals surface area contributed by atoms with Crippen LogP contribution in [0.5, 0.6) is 0 Å². The van der Waals surface area contributed by atoms with Gasteiger partial charge in [0.1, 0.15) is 0 Å². The molecule has 0 aromatic carbocycles. The zero-order valence-corrected chi connectivity index (χ0v) is 10.9. The van der Waals surface area contributed by atoms with Gasteiger partial charge in [0.25, 0.3) is 0 Å². The van der Waals surface area contributed by atoms with Crippen molar-refractivity contribution in [3.05, 3.63) is 0 Å². The van der Waals surface area contributed by atoms with E-state index in [0.29, 0.717) is 19.7 Å². The van der Waals surface area contributed by atoms with Crippen molar-refractivity contribution in [1.82, 2.24) is 10.6 Å². The van der Waals surface area contributed by atoms with Crippen molar-refractivity contribution in [3.63, 3.8) is 0 Å². The average molecular weight is 239 g/mol. The zero-order valence-electron chi connectivity index (χ0n) is 10.1. The number of hydrogen-bond donors (Lipinski definition) is 2. The first kappa shape index (κ1) is 17.1. The predicted molar refractivity (Wildman–Crippen MR) is 64.5 cm³/mol. The van der Waals surface area contributed by atoms with E-state index >= 15 is 0 Å². The summed E-state index contributed by atoms with van der Waals surface area (Å²) in [5.74, 6) is 0.0351. The van der Waals surface area contributed by atoms with E-state index in [1.807, 2.05) is 13.8 Å². The van der Waals surface area contributed by atoms with E-state index in [-0.39, 0.29) is 23.9 Å². The van der Waals surface area contributed by atoms with Gasteiger partial charge >= 0.3 is 0 Å². The van der Waals surface area contributed by atoms with Gasteiger partial charge in [-0.3, -0.25) is 4.79 Å². The highest BCUT2D eigenvalue weighted by Gasteiger charge is 2.16. The van der Waals surface area contributed by atoms with E-state index in [0.717, 1.165) is 6.42 Å². The SMILES string of the molecule is CCC(C)(C)NC(=O)CNCCOC.Cl. The minimum Gasteiger partial charge on any atom is -0.383 e. The first-order chi connectivity index (χ1) is 6.52. The molecule has 0 saturated heterocycles. The highest BCUT2D eigenvalue weighted by atomic mass is 35.5. The summed E-state index contributed by atoms with van der Waals surface area (Å²) in [7, 11) is 1.64. The normalized spacial score (nSPS) is 10.7. The van der Waals surface area contributed by atoms with E-state index in [9.17, 15) is 4.79 Å². The Hall–Kier alpha value is -0.320. The molecule has 0 radical (unpaired) electrons. The van der Waals surface area contributed by atoms with Gasteiger partial charge in [-0.05, 0) is 20.3 Å². The number of methoxy groups -OCH3 is 1. The van der Waals surface area contributed by atoms with Crippen molar-refractivity contribution in [1.29, 1.82) is 0 Å². The van der Waals surface area contributed by atoms with Crippen molar-refractivity contribution < 1.29 is 9.53 Å². The highest BCUT2D eigenvalue weighted by Crippen LogP contribution is 2.05. The van der Waals surface area contributed by atoms with Crippen molar-refractivity contribution >= 4 is 18.3 Å². The lowest BCUT2D eigenvalue weighted by Gasteiger charge is -2.24. The second-order valence-corrected chi connectivity index (χ2v) is 3.96. The lowest BCUT2D eigenvalue weighted by molar-refractivity contribution is -0.121. The molecule has 92 valence electrons. The molecule has 15 heavy (non-hydrogen) atoms. The molecule has 2 N–H and O–H groups in total. The summed E-state index contributed by atoms with van der Waals surface area (Å²) < 4.78 is 4.85. The maximum atomic E-state index is 11.4. The Morgan fingerprint density at radius 3 is 2.47 bits per heavy atom. The summed E-state index contributed by atoms with van der Waals surface area (Å²) >= 11 is 0. The van der Waals surface area contributed by atoms with Crippen LogP contribution in [0.25, 0.3) is 0 Å². The first-order valence-electron chi connectivity index (χ1n) is 5.02. The molecule has 1 amide bonds. The third-order valence-corrected chi connectivity index (χ3v) is 2.13. The number of carbonyl (C=O) groups excluding carboxylic acids is 1. The molecule has 0 aliphatic heterocycles. The smallest absolute Gasteiger partial charge is 0.234 e. The summed E-state index contributed by atoms with van der Waals surface area (Å²) in [4.78, 5) is 11.4. The standard InChI is InChI=1S/C10H22N2O2.ClH/c1-5-10(2,3)12-9(13)8-11-6-7-14-4;/h11H,5-8H2,1-4H3,(H,12,13);1H. The van der Waals surface area contributed by atoms with Gasteiger partial charge in [0.15, 0.2) is 0 Å². The van der Waals surface area contributed by atoms with Gasteiger partial charge in [0.05, 0.1) is 13.2 Å². The van der Waals surface area contributed by atoms with Crippen LogP contribution in [0, 0.1) is 0 Å². The van der Waals surface area contributed by atoms with Crippen LogP contribution in [0.3, 0.4) is 0 Å². The summed E-state index contributed by atoms with van der Waals surface area (Å²) in [6, 6.07) is 0. The Kier molecular flexibility index (Phi) is 10.2. The molecule has 0 aliphatic carbocycles. The molecule has 0 aromatic rings. The van der Waals surface area contributed by atoms with E-state index < -0.39 is 0 Å². The fourth-order valence-electron chi connectivity index (χ4n) is 0.886. The maximum Gasteiger partial charge on any atom is 0.234 e. The molecule has 0 heterocycles. The summed E-state index contributed by atoms with van der Waals surface area (Å²) in [6.07, 6.45) is 0.927. The number of halogens is 1. The monoisotopic (exact) mass is 238 g/mol. The molecule has 0 unspecified atom stereocenters. The Bertz CT molecular complexity index is 175. The quantitative estimate of drug-likeness (QED) is 0.650. The van der Waals surface area contributed by atoms with Gasteiger partial charge in [-0.2, -0.15) is 0 Å². The predicted octanol–water partition coefficient (Wildman–Crippen LogP) is 0.949. The van der Waals surface area contributed by atoms with Crippen molar-refractivity contribution in [2.45, 2.75) is 32.7 Å². The van der Waals surface area contributed by atoms with Crippen LogP contribution >= 0.6 is 12.4 Å². The topological polar surface area (TPSA) is 50.4 Å². The largest absolute Gasteiger partial charge is 0.383 e. The number of nitrogens with one attached hydrogen (secondary N) is 2.